The summed E-state index contributed by atoms with van der Waals surface area (Å²) in [5.74, 6) is -2.17. The standard InChI is InChI=1S/C29H40N4O6S/c1-18(2)15-22(30)26(35)32-24(17-20-9-11-21(34)12-10-20)28(37)33-25(16-19-7-5-4-6-8-19)27(36)31-23(29(38)39)13-14-40-3/h4-12,18,22-25,34H,13-17,30H2,1-3H3,(H,31,36)(H,32,35)(H,33,37)(H,38,39). The van der Waals surface area contributed by atoms with Crippen molar-refractivity contribution >= 4 is 35.5 Å². The number of phenols is 1. The van der Waals surface area contributed by atoms with Gasteiger partial charge in [0.1, 0.15) is 23.9 Å². The number of nitrogens with one attached hydrogen (secondary N) is 3. The molecule has 0 aliphatic rings. The maximum absolute atomic E-state index is 13.6. The van der Waals surface area contributed by atoms with Crippen LogP contribution in [0.2, 0.25) is 0 Å². The minimum absolute atomic E-state index is 0.0572. The zero-order valence-electron chi connectivity index (χ0n) is 23.1. The van der Waals surface area contributed by atoms with E-state index in [-0.39, 0.29) is 30.9 Å². The topological polar surface area (TPSA) is 171 Å². The highest BCUT2D eigenvalue weighted by Crippen LogP contribution is 2.13. The summed E-state index contributed by atoms with van der Waals surface area (Å²) < 4.78 is 0. The number of nitrogens with two attached hydrogens (primary N) is 1. The zero-order valence-corrected chi connectivity index (χ0v) is 23.9. The first kappa shape index (κ1) is 32.6. The van der Waals surface area contributed by atoms with Crippen molar-refractivity contribution in [3.05, 3.63) is 65.7 Å². The molecule has 4 unspecified atom stereocenters. The molecule has 7 N–H and O–H groups in total. The molecule has 10 nitrogen and oxygen atoms in total. The lowest BCUT2D eigenvalue weighted by atomic mass is 10.0. The molecule has 2 rings (SSSR count). The Morgan fingerprint density at radius 1 is 0.800 bits per heavy atom. The third kappa shape index (κ3) is 11.3. The van der Waals surface area contributed by atoms with Crippen molar-refractivity contribution in [2.75, 3.05) is 12.0 Å². The highest BCUT2D eigenvalue weighted by molar-refractivity contribution is 7.98. The molecule has 0 spiro atoms. The fraction of sp³-hybridized carbons (Fsp3) is 0.448. The number of amides is 3. The number of hydrogen-bond acceptors (Lipinski definition) is 7. The Morgan fingerprint density at radius 2 is 1.30 bits per heavy atom. The Labute approximate surface area is 239 Å². The van der Waals surface area contributed by atoms with Gasteiger partial charge in [0.2, 0.25) is 17.7 Å². The molecule has 3 amide bonds. The van der Waals surface area contributed by atoms with Crippen LogP contribution in [-0.2, 0) is 32.0 Å². The Hall–Kier alpha value is -3.57. The monoisotopic (exact) mass is 572 g/mol. The summed E-state index contributed by atoms with van der Waals surface area (Å²) in [5.41, 5.74) is 7.49. The first-order chi connectivity index (χ1) is 19.0. The van der Waals surface area contributed by atoms with Gasteiger partial charge in [-0.3, -0.25) is 14.4 Å². The van der Waals surface area contributed by atoms with E-state index in [0.717, 1.165) is 5.56 Å². The van der Waals surface area contributed by atoms with Crippen molar-refractivity contribution in [2.45, 2.75) is 63.7 Å². The molecule has 2 aromatic rings. The molecule has 40 heavy (non-hydrogen) atoms. The number of thioether (sulfide) groups is 1. The maximum atomic E-state index is 13.6. The lowest BCUT2D eigenvalue weighted by Gasteiger charge is -2.26. The van der Waals surface area contributed by atoms with Crippen LogP contribution < -0.4 is 21.7 Å². The number of aliphatic carboxylic acids is 1. The minimum atomic E-state index is -1.16. The van der Waals surface area contributed by atoms with Gasteiger partial charge in [0.15, 0.2) is 0 Å². The minimum Gasteiger partial charge on any atom is -0.508 e. The van der Waals surface area contributed by atoms with Crippen LogP contribution in [0, 0.1) is 5.92 Å². The summed E-state index contributed by atoms with van der Waals surface area (Å²) >= 11 is 1.46. The lowest BCUT2D eigenvalue weighted by molar-refractivity contribution is -0.142. The Balaban J connectivity index is 2.30. The van der Waals surface area contributed by atoms with E-state index in [4.69, 9.17) is 5.73 Å². The van der Waals surface area contributed by atoms with E-state index < -0.39 is 47.9 Å². The van der Waals surface area contributed by atoms with Gasteiger partial charge >= 0.3 is 5.97 Å². The zero-order chi connectivity index (χ0) is 29.7. The Morgan fingerprint density at radius 3 is 1.80 bits per heavy atom. The first-order valence-corrected chi connectivity index (χ1v) is 14.6. The number of carbonyl (C=O) groups excluding carboxylic acids is 3. The van der Waals surface area contributed by atoms with Gasteiger partial charge < -0.3 is 31.9 Å². The average molecular weight is 573 g/mol. The number of phenolic OH excluding ortho intramolecular Hbond substituents is 1. The summed E-state index contributed by atoms with van der Waals surface area (Å²) in [7, 11) is 0. The largest absolute Gasteiger partial charge is 0.508 e. The highest BCUT2D eigenvalue weighted by Gasteiger charge is 2.30. The molecular weight excluding hydrogens is 532 g/mol. The van der Waals surface area contributed by atoms with Crippen LogP contribution in [0.15, 0.2) is 54.6 Å². The van der Waals surface area contributed by atoms with Crippen molar-refractivity contribution in [1.82, 2.24) is 16.0 Å². The molecule has 0 aromatic heterocycles. The van der Waals surface area contributed by atoms with Crippen LogP contribution >= 0.6 is 11.8 Å². The summed E-state index contributed by atoms with van der Waals surface area (Å²) in [5, 5.41) is 27.2. The SMILES string of the molecule is CSCCC(NC(=O)C(Cc1ccccc1)NC(=O)C(Cc1ccc(O)cc1)NC(=O)C(N)CC(C)C)C(=O)O. The quantitative estimate of drug-likeness (QED) is 0.177. The summed E-state index contributed by atoms with van der Waals surface area (Å²) in [4.78, 5) is 51.5. The molecule has 0 fully saturated rings. The number of carboxylic acids is 1. The molecule has 218 valence electrons. The summed E-state index contributed by atoms with van der Waals surface area (Å²) in [6.45, 7) is 3.87. The van der Waals surface area contributed by atoms with Crippen molar-refractivity contribution in [2.24, 2.45) is 11.7 Å². The molecule has 0 aliphatic heterocycles. The van der Waals surface area contributed by atoms with Crippen LogP contribution in [0.4, 0.5) is 0 Å². The predicted molar refractivity (Wildman–Crippen MR) is 156 cm³/mol. The van der Waals surface area contributed by atoms with E-state index in [1.807, 2.05) is 26.2 Å². The average Bonchev–Trinajstić information content (AvgIpc) is 2.91. The maximum Gasteiger partial charge on any atom is 0.326 e. The fourth-order valence-electron chi connectivity index (χ4n) is 4.07. The number of rotatable bonds is 16. The Kier molecular flexibility index (Phi) is 13.5. The predicted octanol–water partition coefficient (Wildman–Crippen LogP) is 1.84. The molecule has 11 heteroatoms. The smallest absolute Gasteiger partial charge is 0.326 e. The number of aromatic hydroxyl groups is 1. The van der Waals surface area contributed by atoms with E-state index in [9.17, 15) is 29.4 Å². The second-order valence-electron chi connectivity index (χ2n) is 10.1. The van der Waals surface area contributed by atoms with E-state index in [1.165, 1.54) is 23.9 Å². The molecular formula is C29H40N4O6S. The van der Waals surface area contributed by atoms with Crippen LogP contribution in [0.1, 0.15) is 37.8 Å². The first-order valence-electron chi connectivity index (χ1n) is 13.2. The normalized spacial score (nSPS) is 14.0. The second kappa shape index (κ2) is 16.5. The Bertz CT molecular complexity index is 1110. The van der Waals surface area contributed by atoms with Crippen LogP contribution in [0.3, 0.4) is 0 Å². The van der Waals surface area contributed by atoms with Crippen LogP contribution in [-0.4, -0.2) is 70.1 Å². The lowest BCUT2D eigenvalue weighted by Crippen LogP contribution is -2.58. The third-order valence-electron chi connectivity index (χ3n) is 6.21. The number of carbonyl (C=O) groups is 4. The summed E-state index contributed by atoms with van der Waals surface area (Å²) in [6, 6.07) is 11.1. The molecule has 2 aromatic carbocycles. The van der Waals surface area contributed by atoms with Gasteiger partial charge in [-0.1, -0.05) is 56.3 Å². The van der Waals surface area contributed by atoms with Gasteiger partial charge in [0.05, 0.1) is 6.04 Å². The number of carboxylic acid groups (broad SMARTS) is 1. The number of hydrogen-bond donors (Lipinski definition) is 6. The molecule has 0 bridgehead atoms. The fourth-order valence-corrected chi connectivity index (χ4v) is 4.54. The second-order valence-corrected chi connectivity index (χ2v) is 11.1. The van der Waals surface area contributed by atoms with E-state index in [2.05, 4.69) is 16.0 Å². The van der Waals surface area contributed by atoms with Gasteiger partial charge in [0, 0.05) is 12.8 Å². The third-order valence-corrected chi connectivity index (χ3v) is 6.86. The van der Waals surface area contributed by atoms with Crippen molar-refractivity contribution in [3.8, 4) is 5.75 Å². The van der Waals surface area contributed by atoms with Gasteiger partial charge in [0.25, 0.3) is 0 Å². The molecule has 0 radical (unpaired) electrons. The molecule has 0 saturated heterocycles. The molecule has 0 saturated carbocycles. The number of benzene rings is 2. The van der Waals surface area contributed by atoms with E-state index >= 15 is 0 Å². The highest BCUT2D eigenvalue weighted by atomic mass is 32.2. The van der Waals surface area contributed by atoms with Crippen molar-refractivity contribution < 1.29 is 29.4 Å². The van der Waals surface area contributed by atoms with Crippen molar-refractivity contribution in [1.29, 1.82) is 0 Å². The molecule has 0 aliphatic carbocycles. The molecule has 0 heterocycles. The van der Waals surface area contributed by atoms with E-state index in [1.54, 1.807) is 36.4 Å². The van der Waals surface area contributed by atoms with Crippen LogP contribution in [0.5, 0.6) is 5.75 Å². The van der Waals surface area contributed by atoms with Crippen LogP contribution in [0.25, 0.3) is 0 Å². The van der Waals surface area contributed by atoms with E-state index in [0.29, 0.717) is 17.7 Å². The molecule has 4 atom stereocenters. The van der Waals surface area contributed by atoms with Gasteiger partial charge in [-0.15, -0.1) is 0 Å². The van der Waals surface area contributed by atoms with Gasteiger partial charge in [-0.2, -0.15) is 11.8 Å². The van der Waals surface area contributed by atoms with Gasteiger partial charge in [-0.05, 0) is 54.0 Å². The summed E-state index contributed by atoms with van der Waals surface area (Å²) in [6.07, 6.45) is 2.68. The van der Waals surface area contributed by atoms with Crippen molar-refractivity contribution in [3.63, 3.8) is 0 Å². The van der Waals surface area contributed by atoms with Gasteiger partial charge in [-0.25, -0.2) is 4.79 Å².